The zero-order valence-corrected chi connectivity index (χ0v) is 9.85. The van der Waals surface area contributed by atoms with E-state index in [0.29, 0.717) is 6.10 Å². The summed E-state index contributed by atoms with van der Waals surface area (Å²) in [5.41, 5.74) is 2.62. The molecular weight excluding hydrogens is 210 g/mol. The minimum absolute atomic E-state index is 0. The van der Waals surface area contributed by atoms with Crippen molar-refractivity contribution in [3.63, 3.8) is 0 Å². The number of benzene rings is 1. The fourth-order valence-electron chi connectivity index (χ4n) is 1.75. The number of hydrogen-bond acceptors (Lipinski definition) is 2. The Balaban J connectivity index is 0.00000112. The third-order valence-electron chi connectivity index (χ3n) is 2.75. The topological polar surface area (TPSA) is 21.3 Å². The molecule has 1 fully saturated rings. The van der Waals surface area contributed by atoms with Crippen molar-refractivity contribution in [1.82, 2.24) is 5.32 Å². The Morgan fingerprint density at radius 1 is 1.40 bits per heavy atom. The highest BCUT2D eigenvalue weighted by atomic mass is 35.5. The van der Waals surface area contributed by atoms with Gasteiger partial charge in [0.1, 0.15) is 0 Å². The highest BCUT2D eigenvalue weighted by molar-refractivity contribution is 5.85. The van der Waals surface area contributed by atoms with Crippen LogP contribution in [-0.2, 0) is 11.3 Å². The van der Waals surface area contributed by atoms with Crippen LogP contribution in [0.15, 0.2) is 24.3 Å². The van der Waals surface area contributed by atoms with Gasteiger partial charge in [0.25, 0.3) is 0 Å². The van der Waals surface area contributed by atoms with Crippen LogP contribution in [0, 0.1) is 6.92 Å². The van der Waals surface area contributed by atoms with E-state index in [1.807, 2.05) is 0 Å². The smallest absolute Gasteiger partial charge is 0.0723 e. The van der Waals surface area contributed by atoms with Crippen molar-refractivity contribution >= 4 is 12.4 Å². The average molecular weight is 228 g/mol. The van der Waals surface area contributed by atoms with E-state index >= 15 is 0 Å². The van der Waals surface area contributed by atoms with Crippen LogP contribution in [0.2, 0.25) is 0 Å². The van der Waals surface area contributed by atoms with E-state index < -0.39 is 0 Å². The molecule has 0 unspecified atom stereocenters. The number of nitrogens with one attached hydrogen (secondary N) is 1. The molecule has 0 radical (unpaired) electrons. The SMILES string of the molecule is Cc1ccccc1CO[C@H]1CCNC1.Cl. The van der Waals surface area contributed by atoms with Gasteiger partial charge < -0.3 is 10.1 Å². The second-order valence-electron chi connectivity index (χ2n) is 3.85. The van der Waals surface area contributed by atoms with Gasteiger partial charge in [-0.3, -0.25) is 0 Å². The van der Waals surface area contributed by atoms with Gasteiger partial charge in [-0.2, -0.15) is 0 Å². The van der Waals surface area contributed by atoms with E-state index in [1.54, 1.807) is 0 Å². The summed E-state index contributed by atoms with van der Waals surface area (Å²) in [6, 6.07) is 8.40. The molecule has 3 heteroatoms. The number of halogens is 1. The van der Waals surface area contributed by atoms with E-state index in [0.717, 1.165) is 26.1 Å². The molecule has 1 heterocycles. The maximum absolute atomic E-state index is 5.81. The Kier molecular flexibility index (Phi) is 5.09. The molecule has 1 N–H and O–H groups in total. The van der Waals surface area contributed by atoms with Crippen LogP contribution in [0.3, 0.4) is 0 Å². The molecule has 0 spiro atoms. The highest BCUT2D eigenvalue weighted by Gasteiger charge is 2.14. The lowest BCUT2D eigenvalue weighted by molar-refractivity contribution is 0.0539. The molecule has 0 amide bonds. The molecule has 1 aliphatic rings. The second-order valence-corrected chi connectivity index (χ2v) is 3.85. The molecule has 1 saturated heterocycles. The number of ether oxygens (including phenoxy) is 1. The van der Waals surface area contributed by atoms with E-state index in [-0.39, 0.29) is 12.4 Å². The maximum atomic E-state index is 5.81. The lowest BCUT2D eigenvalue weighted by atomic mass is 10.1. The predicted octanol–water partition coefficient (Wildman–Crippen LogP) is 2.30. The molecule has 1 aromatic carbocycles. The Morgan fingerprint density at radius 3 is 2.87 bits per heavy atom. The number of hydrogen-bond donors (Lipinski definition) is 1. The second kappa shape index (κ2) is 6.11. The summed E-state index contributed by atoms with van der Waals surface area (Å²) < 4.78 is 5.81. The summed E-state index contributed by atoms with van der Waals surface area (Å²) in [7, 11) is 0. The molecule has 2 rings (SSSR count). The Labute approximate surface area is 97.4 Å². The van der Waals surface area contributed by atoms with Crippen molar-refractivity contribution < 1.29 is 4.74 Å². The van der Waals surface area contributed by atoms with Crippen molar-refractivity contribution in [3.05, 3.63) is 35.4 Å². The molecular formula is C12H18ClNO. The number of rotatable bonds is 3. The molecule has 0 saturated carbocycles. The highest BCUT2D eigenvalue weighted by Crippen LogP contribution is 2.11. The lowest BCUT2D eigenvalue weighted by Gasteiger charge is -2.11. The third kappa shape index (κ3) is 3.49. The van der Waals surface area contributed by atoms with Crippen molar-refractivity contribution in [1.29, 1.82) is 0 Å². The Morgan fingerprint density at radius 2 is 2.20 bits per heavy atom. The van der Waals surface area contributed by atoms with E-state index in [4.69, 9.17) is 4.74 Å². The predicted molar refractivity (Wildman–Crippen MR) is 64.5 cm³/mol. The van der Waals surface area contributed by atoms with Gasteiger partial charge in [-0.25, -0.2) is 0 Å². The molecule has 2 nitrogen and oxygen atoms in total. The fraction of sp³-hybridized carbons (Fsp3) is 0.500. The first-order valence-electron chi connectivity index (χ1n) is 5.23. The zero-order valence-electron chi connectivity index (χ0n) is 9.03. The summed E-state index contributed by atoms with van der Waals surface area (Å²) in [6.45, 7) is 4.98. The zero-order chi connectivity index (χ0) is 9.80. The minimum Gasteiger partial charge on any atom is -0.372 e. The van der Waals surface area contributed by atoms with Crippen molar-refractivity contribution in [2.45, 2.75) is 26.1 Å². The van der Waals surface area contributed by atoms with Crippen molar-refractivity contribution in [2.24, 2.45) is 0 Å². The van der Waals surface area contributed by atoms with Gasteiger partial charge in [-0.1, -0.05) is 24.3 Å². The molecule has 1 aliphatic heterocycles. The van der Waals surface area contributed by atoms with Gasteiger partial charge in [0.05, 0.1) is 12.7 Å². The first-order valence-corrected chi connectivity index (χ1v) is 5.23. The van der Waals surface area contributed by atoms with Gasteiger partial charge >= 0.3 is 0 Å². The normalized spacial score (nSPS) is 19.9. The van der Waals surface area contributed by atoms with Gasteiger partial charge in [0.15, 0.2) is 0 Å². The van der Waals surface area contributed by atoms with Gasteiger partial charge in [-0.05, 0) is 31.0 Å². The molecule has 1 aromatic rings. The molecule has 0 bridgehead atoms. The van der Waals surface area contributed by atoms with Crippen LogP contribution in [0.5, 0.6) is 0 Å². The monoisotopic (exact) mass is 227 g/mol. The quantitative estimate of drug-likeness (QED) is 0.856. The van der Waals surface area contributed by atoms with E-state index in [9.17, 15) is 0 Å². The molecule has 1 atom stereocenters. The maximum Gasteiger partial charge on any atom is 0.0723 e. The Bertz CT molecular complexity index is 297. The summed E-state index contributed by atoms with van der Waals surface area (Å²) in [4.78, 5) is 0. The molecule has 0 aromatic heterocycles. The fourth-order valence-corrected chi connectivity index (χ4v) is 1.75. The summed E-state index contributed by atoms with van der Waals surface area (Å²) >= 11 is 0. The third-order valence-corrected chi connectivity index (χ3v) is 2.75. The first-order chi connectivity index (χ1) is 6.86. The number of aryl methyl sites for hydroxylation is 1. The van der Waals surface area contributed by atoms with Crippen molar-refractivity contribution in [3.8, 4) is 0 Å². The largest absolute Gasteiger partial charge is 0.372 e. The first kappa shape index (κ1) is 12.5. The lowest BCUT2D eigenvalue weighted by Crippen LogP contribution is -2.16. The molecule has 0 aliphatic carbocycles. The minimum atomic E-state index is 0. The van der Waals surface area contributed by atoms with Gasteiger partial charge in [0, 0.05) is 6.54 Å². The molecule has 84 valence electrons. The average Bonchev–Trinajstić information content (AvgIpc) is 2.69. The van der Waals surface area contributed by atoms with Crippen molar-refractivity contribution in [2.75, 3.05) is 13.1 Å². The van der Waals surface area contributed by atoms with Crippen LogP contribution in [0.4, 0.5) is 0 Å². The van der Waals surface area contributed by atoms with Crippen LogP contribution in [-0.4, -0.2) is 19.2 Å². The van der Waals surface area contributed by atoms with Crippen LogP contribution in [0.1, 0.15) is 17.5 Å². The van der Waals surface area contributed by atoms with Crippen LogP contribution >= 0.6 is 12.4 Å². The van der Waals surface area contributed by atoms with E-state index in [1.165, 1.54) is 11.1 Å². The van der Waals surface area contributed by atoms with E-state index in [2.05, 4.69) is 36.5 Å². The summed E-state index contributed by atoms with van der Waals surface area (Å²) in [5, 5.41) is 3.30. The molecule has 15 heavy (non-hydrogen) atoms. The summed E-state index contributed by atoms with van der Waals surface area (Å²) in [6.07, 6.45) is 1.56. The van der Waals surface area contributed by atoms with Crippen LogP contribution in [0.25, 0.3) is 0 Å². The van der Waals surface area contributed by atoms with Gasteiger partial charge in [0.2, 0.25) is 0 Å². The summed E-state index contributed by atoms with van der Waals surface area (Å²) in [5.74, 6) is 0. The Hall–Kier alpha value is -0.570. The van der Waals surface area contributed by atoms with Gasteiger partial charge in [-0.15, -0.1) is 12.4 Å². The standard InChI is InChI=1S/C12H17NO.ClH/c1-10-4-2-3-5-11(10)9-14-12-6-7-13-8-12;/h2-5,12-13H,6-9H2,1H3;1H/t12-;/m0./s1. The van der Waals surface area contributed by atoms with Crippen LogP contribution < -0.4 is 5.32 Å².